The fraction of sp³-hybridized carbons (Fsp3) is 0.562. The fourth-order valence-corrected chi connectivity index (χ4v) is 3.84. The molecule has 2 unspecified atom stereocenters. The number of fused-ring (bicyclic) bond motifs is 2. The zero-order valence-electron chi connectivity index (χ0n) is 12.1. The quantitative estimate of drug-likeness (QED) is 0.929. The first kappa shape index (κ1) is 14.8. The number of piperidine rings is 1. The van der Waals surface area contributed by atoms with Crippen LogP contribution in [-0.2, 0) is 0 Å². The number of carbonyl (C=O) groups is 1. The first-order valence-electron chi connectivity index (χ1n) is 7.60. The number of amides is 1. The maximum atomic E-state index is 13.9. The molecule has 21 heavy (non-hydrogen) atoms. The van der Waals surface area contributed by atoms with Crippen molar-refractivity contribution in [3.8, 4) is 0 Å². The minimum absolute atomic E-state index is 0.0789. The minimum atomic E-state index is -0.500. The van der Waals surface area contributed by atoms with Crippen LogP contribution in [-0.4, -0.2) is 35.5 Å². The standard InChI is InChI=1S/C16H20ClFN2O/c1-2-20(13-8-11-4-5-12(9-13)19-11)16(21)14-7-10(17)3-6-15(14)18/h3,6-7,11-13,19H,2,4-5,8-9H2,1H3. The van der Waals surface area contributed by atoms with Gasteiger partial charge in [0.05, 0.1) is 5.56 Å². The third-order valence-corrected chi connectivity index (χ3v) is 4.88. The van der Waals surface area contributed by atoms with Crippen LogP contribution in [0.2, 0.25) is 5.02 Å². The van der Waals surface area contributed by atoms with Gasteiger partial charge in [-0.1, -0.05) is 11.6 Å². The lowest BCUT2D eigenvalue weighted by molar-refractivity contribution is 0.0626. The molecule has 0 aromatic heterocycles. The topological polar surface area (TPSA) is 32.3 Å². The van der Waals surface area contributed by atoms with Gasteiger partial charge in [-0.25, -0.2) is 4.39 Å². The van der Waals surface area contributed by atoms with Crippen molar-refractivity contribution in [2.24, 2.45) is 0 Å². The molecule has 1 N–H and O–H groups in total. The maximum absolute atomic E-state index is 13.9. The highest BCUT2D eigenvalue weighted by Crippen LogP contribution is 2.30. The van der Waals surface area contributed by atoms with E-state index in [9.17, 15) is 9.18 Å². The van der Waals surface area contributed by atoms with E-state index in [4.69, 9.17) is 11.6 Å². The number of halogens is 2. The molecule has 1 aromatic carbocycles. The molecule has 2 heterocycles. The lowest BCUT2D eigenvalue weighted by Gasteiger charge is -2.37. The summed E-state index contributed by atoms with van der Waals surface area (Å²) in [5.74, 6) is -0.747. The first-order chi connectivity index (χ1) is 10.1. The van der Waals surface area contributed by atoms with Gasteiger partial charge in [0.15, 0.2) is 0 Å². The van der Waals surface area contributed by atoms with Crippen molar-refractivity contribution in [1.82, 2.24) is 10.2 Å². The van der Waals surface area contributed by atoms with Crippen LogP contribution in [0.1, 0.15) is 43.0 Å². The Morgan fingerprint density at radius 3 is 2.67 bits per heavy atom. The van der Waals surface area contributed by atoms with Crippen LogP contribution in [0.25, 0.3) is 0 Å². The van der Waals surface area contributed by atoms with Gasteiger partial charge in [0.1, 0.15) is 5.82 Å². The van der Waals surface area contributed by atoms with Gasteiger partial charge in [0.25, 0.3) is 5.91 Å². The molecule has 0 aliphatic carbocycles. The average molecular weight is 311 g/mol. The van der Waals surface area contributed by atoms with Gasteiger partial charge >= 0.3 is 0 Å². The van der Waals surface area contributed by atoms with Crippen molar-refractivity contribution in [1.29, 1.82) is 0 Å². The highest BCUT2D eigenvalue weighted by atomic mass is 35.5. The third kappa shape index (κ3) is 2.92. The lowest BCUT2D eigenvalue weighted by atomic mass is 9.97. The van der Waals surface area contributed by atoms with Crippen LogP contribution in [0.5, 0.6) is 0 Å². The summed E-state index contributed by atoms with van der Waals surface area (Å²) in [4.78, 5) is 14.5. The Bertz CT molecular complexity index is 539. The van der Waals surface area contributed by atoms with Gasteiger partial charge in [-0.05, 0) is 50.8 Å². The molecule has 3 nitrogen and oxygen atoms in total. The van der Waals surface area contributed by atoms with E-state index < -0.39 is 5.82 Å². The smallest absolute Gasteiger partial charge is 0.257 e. The number of benzene rings is 1. The molecule has 114 valence electrons. The number of carbonyl (C=O) groups excluding carboxylic acids is 1. The molecule has 1 amide bonds. The second kappa shape index (κ2) is 5.93. The first-order valence-corrected chi connectivity index (χ1v) is 7.98. The van der Waals surface area contributed by atoms with Crippen molar-refractivity contribution in [2.75, 3.05) is 6.54 Å². The van der Waals surface area contributed by atoms with Crippen LogP contribution in [0.3, 0.4) is 0 Å². The largest absolute Gasteiger partial charge is 0.336 e. The molecule has 0 saturated carbocycles. The van der Waals surface area contributed by atoms with Crippen LogP contribution in [0.4, 0.5) is 4.39 Å². The van der Waals surface area contributed by atoms with E-state index in [1.165, 1.54) is 31.0 Å². The number of hydrogen-bond donors (Lipinski definition) is 1. The van der Waals surface area contributed by atoms with Crippen LogP contribution < -0.4 is 5.32 Å². The SMILES string of the molecule is CCN(C(=O)c1cc(Cl)ccc1F)C1CC2CCC(C1)N2. The van der Waals surface area contributed by atoms with Gasteiger partial charge in [-0.15, -0.1) is 0 Å². The highest BCUT2D eigenvalue weighted by molar-refractivity contribution is 6.31. The highest BCUT2D eigenvalue weighted by Gasteiger charge is 2.37. The number of hydrogen-bond acceptors (Lipinski definition) is 2. The predicted molar refractivity (Wildman–Crippen MR) is 81.1 cm³/mol. The van der Waals surface area contributed by atoms with E-state index in [2.05, 4.69) is 5.32 Å². The number of rotatable bonds is 3. The summed E-state index contributed by atoms with van der Waals surface area (Å²) < 4.78 is 13.9. The van der Waals surface area contributed by atoms with E-state index in [0.29, 0.717) is 23.7 Å². The molecule has 2 fully saturated rings. The monoisotopic (exact) mass is 310 g/mol. The van der Waals surface area contributed by atoms with E-state index >= 15 is 0 Å². The van der Waals surface area contributed by atoms with Crippen LogP contribution in [0, 0.1) is 5.82 Å². The summed E-state index contributed by atoms with van der Waals surface area (Å²) in [5.41, 5.74) is 0.0789. The maximum Gasteiger partial charge on any atom is 0.257 e. The Hall–Kier alpha value is -1.13. The molecule has 2 aliphatic rings. The molecule has 0 radical (unpaired) electrons. The molecule has 1 aromatic rings. The molecular formula is C16H20ClFN2O. The van der Waals surface area contributed by atoms with Crippen molar-refractivity contribution in [3.05, 3.63) is 34.6 Å². The number of nitrogens with zero attached hydrogens (tertiary/aromatic N) is 1. The van der Waals surface area contributed by atoms with Gasteiger partial charge in [-0.2, -0.15) is 0 Å². The second-order valence-corrected chi connectivity index (χ2v) is 6.41. The minimum Gasteiger partial charge on any atom is -0.336 e. The van der Waals surface area contributed by atoms with E-state index in [1.807, 2.05) is 6.92 Å². The summed E-state index contributed by atoms with van der Waals surface area (Å²) in [5, 5.41) is 3.96. The van der Waals surface area contributed by atoms with E-state index in [0.717, 1.165) is 12.8 Å². The Labute approximate surface area is 129 Å². The Morgan fingerprint density at radius 2 is 2.05 bits per heavy atom. The summed E-state index contributed by atoms with van der Waals surface area (Å²) in [6.45, 7) is 2.54. The zero-order chi connectivity index (χ0) is 15.0. The average Bonchev–Trinajstić information content (AvgIpc) is 2.81. The number of nitrogens with one attached hydrogen (secondary N) is 1. The molecule has 5 heteroatoms. The Morgan fingerprint density at radius 1 is 1.38 bits per heavy atom. The Kier molecular flexibility index (Phi) is 4.18. The van der Waals surface area contributed by atoms with Crippen LogP contribution in [0.15, 0.2) is 18.2 Å². The molecule has 3 rings (SSSR count). The fourth-order valence-electron chi connectivity index (χ4n) is 3.67. The van der Waals surface area contributed by atoms with Crippen LogP contribution >= 0.6 is 11.6 Å². The second-order valence-electron chi connectivity index (χ2n) is 5.98. The molecule has 2 bridgehead atoms. The molecule has 0 spiro atoms. The predicted octanol–water partition coefficient (Wildman–Crippen LogP) is 3.22. The van der Waals surface area contributed by atoms with Gasteiger partial charge in [-0.3, -0.25) is 4.79 Å². The Balaban J connectivity index is 1.82. The lowest BCUT2D eigenvalue weighted by Crippen LogP contribution is -2.50. The third-order valence-electron chi connectivity index (χ3n) is 4.65. The summed E-state index contributed by atoms with van der Waals surface area (Å²) in [7, 11) is 0. The molecule has 2 saturated heterocycles. The van der Waals surface area contributed by atoms with E-state index in [1.54, 1.807) is 4.90 Å². The molecular weight excluding hydrogens is 291 g/mol. The summed E-state index contributed by atoms with van der Waals surface area (Å²) in [6.07, 6.45) is 4.27. The summed E-state index contributed by atoms with van der Waals surface area (Å²) >= 11 is 5.90. The molecule has 2 atom stereocenters. The van der Waals surface area contributed by atoms with Crippen molar-refractivity contribution < 1.29 is 9.18 Å². The normalized spacial score (nSPS) is 27.7. The van der Waals surface area contributed by atoms with Crippen molar-refractivity contribution in [3.63, 3.8) is 0 Å². The van der Waals surface area contributed by atoms with Gasteiger partial charge in [0.2, 0.25) is 0 Å². The zero-order valence-corrected chi connectivity index (χ0v) is 12.9. The van der Waals surface area contributed by atoms with Gasteiger partial charge < -0.3 is 10.2 Å². The summed E-state index contributed by atoms with van der Waals surface area (Å²) in [6, 6.07) is 5.35. The van der Waals surface area contributed by atoms with Gasteiger partial charge in [0, 0.05) is 29.7 Å². The van der Waals surface area contributed by atoms with Crippen molar-refractivity contribution in [2.45, 2.75) is 50.7 Å². The molecule has 2 aliphatic heterocycles. The van der Waals surface area contributed by atoms with E-state index in [-0.39, 0.29) is 17.5 Å². The van der Waals surface area contributed by atoms with Crippen molar-refractivity contribution >= 4 is 17.5 Å².